The van der Waals surface area contributed by atoms with Crippen LogP contribution in [0.2, 0.25) is 0 Å². The molecule has 90 valence electrons. The van der Waals surface area contributed by atoms with E-state index < -0.39 is 10.0 Å². The summed E-state index contributed by atoms with van der Waals surface area (Å²) in [5.41, 5.74) is 0.410. The average Bonchev–Trinajstić information content (AvgIpc) is 2.83. The van der Waals surface area contributed by atoms with Gasteiger partial charge in [-0.15, -0.1) is 0 Å². The van der Waals surface area contributed by atoms with Gasteiger partial charge < -0.3 is 5.32 Å². The maximum absolute atomic E-state index is 11.0. The Morgan fingerprint density at radius 2 is 2.31 bits per heavy atom. The van der Waals surface area contributed by atoms with Crippen LogP contribution in [0.1, 0.15) is 26.2 Å². The summed E-state index contributed by atoms with van der Waals surface area (Å²) >= 11 is 1.08. The molecule has 0 bridgehead atoms. The van der Waals surface area contributed by atoms with Gasteiger partial charge in [-0.1, -0.05) is 18.3 Å². The molecule has 7 heteroatoms. The molecule has 1 heterocycles. The highest BCUT2D eigenvalue weighted by molar-refractivity contribution is 7.91. The second-order valence-electron chi connectivity index (χ2n) is 4.24. The molecule has 1 fully saturated rings. The summed E-state index contributed by atoms with van der Waals surface area (Å²) < 4.78 is 22.2. The minimum absolute atomic E-state index is 0.108. The molecule has 5 nitrogen and oxygen atoms in total. The van der Waals surface area contributed by atoms with Gasteiger partial charge in [0.15, 0.2) is 9.34 Å². The van der Waals surface area contributed by atoms with E-state index in [9.17, 15) is 8.42 Å². The number of aromatic nitrogens is 1. The summed E-state index contributed by atoms with van der Waals surface area (Å²) in [5, 5.41) is 8.81. The summed E-state index contributed by atoms with van der Waals surface area (Å²) in [7, 11) is -3.61. The lowest BCUT2D eigenvalue weighted by Crippen LogP contribution is -2.14. The first kappa shape index (κ1) is 11.8. The molecule has 0 atom stereocenters. The molecule has 1 aromatic rings. The van der Waals surface area contributed by atoms with Gasteiger partial charge in [0, 0.05) is 6.54 Å². The van der Waals surface area contributed by atoms with Crippen LogP contribution in [0.15, 0.2) is 10.4 Å². The Bertz CT molecular complexity index is 477. The fraction of sp³-hybridized carbons (Fsp3) is 0.667. The maximum atomic E-state index is 11.0. The van der Waals surface area contributed by atoms with E-state index >= 15 is 0 Å². The number of hydrogen-bond acceptors (Lipinski definition) is 5. The Kier molecular flexibility index (Phi) is 2.93. The van der Waals surface area contributed by atoms with Crippen molar-refractivity contribution in [1.82, 2.24) is 4.98 Å². The van der Waals surface area contributed by atoms with Gasteiger partial charge in [0.1, 0.15) is 0 Å². The number of nitrogens with zero attached hydrogens (tertiary/aromatic N) is 1. The lowest BCUT2D eigenvalue weighted by Gasteiger charge is -2.11. The topological polar surface area (TPSA) is 85.1 Å². The number of primary sulfonamides is 1. The summed E-state index contributed by atoms with van der Waals surface area (Å²) in [6.45, 7) is 3.04. The van der Waals surface area contributed by atoms with Gasteiger partial charge in [-0.25, -0.2) is 18.5 Å². The van der Waals surface area contributed by atoms with Crippen molar-refractivity contribution in [3.05, 3.63) is 6.20 Å². The fourth-order valence-electron chi connectivity index (χ4n) is 1.57. The molecule has 0 aromatic carbocycles. The van der Waals surface area contributed by atoms with Crippen molar-refractivity contribution in [1.29, 1.82) is 0 Å². The quantitative estimate of drug-likeness (QED) is 0.839. The second-order valence-corrected chi connectivity index (χ2v) is 7.06. The third-order valence-electron chi connectivity index (χ3n) is 3.09. The fourth-order valence-corrected chi connectivity index (χ4v) is 3.01. The van der Waals surface area contributed by atoms with Gasteiger partial charge >= 0.3 is 0 Å². The molecule has 1 aromatic heterocycles. The van der Waals surface area contributed by atoms with Crippen LogP contribution in [0.5, 0.6) is 0 Å². The van der Waals surface area contributed by atoms with E-state index in [0.29, 0.717) is 10.5 Å². The molecule has 0 radical (unpaired) electrons. The highest BCUT2D eigenvalue weighted by atomic mass is 32.2. The molecule has 0 saturated heterocycles. The molecule has 1 aliphatic carbocycles. The highest BCUT2D eigenvalue weighted by Gasteiger charge is 2.40. The van der Waals surface area contributed by atoms with Crippen molar-refractivity contribution >= 4 is 26.5 Å². The largest absolute Gasteiger partial charge is 0.361 e. The number of sulfonamides is 1. The Morgan fingerprint density at radius 1 is 1.62 bits per heavy atom. The minimum atomic E-state index is -3.61. The van der Waals surface area contributed by atoms with Gasteiger partial charge in [-0.2, -0.15) is 0 Å². The van der Waals surface area contributed by atoms with Crippen molar-refractivity contribution in [3.63, 3.8) is 0 Å². The number of thiazole rings is 1. The molecule has 16 heavy (non-hydrogen) atoms. The zero-order valence-corrected chi connectivity index (χ0v) is 10.7. The number of nitrogens with two attached hydrogens (primary N) is 1. The number of nitrogens with one attached hydrogen (secondary N) is 1. The van der Waals surface area contributed by atoms with Crippen LogP contribution < -0.4 is 10.5 Å². The third-order valence-corrected chi connectivity index (χ3v) is 5.45. The van der Waals surface area contributed by atoms with Crippen molar-refractivity contribution in [2.75, 3.05) is 11.9 Å². The van der Waals surface area contributed by atoms with E-state index in [1.54, 1.807) is 0 Å². The van der Waals surface area contributed by atoms with E-state index in [0.717, 1.165) is 24.3 Å². The lowest BCUT2D eigenvalue weighted by molar-refractivity contribution is 0.521. The summed E-state index contributed by atoms with van der Waals surface area (Å²) in [5.74, 6) is 0. The minimum Gasteiger partial charge on any atom is -0.361 e. The van der Waals surface area contributed by atoms with E-state index in [2.05, 4.69) is 17.2 Å². The van der Waals surface area contributed by atoms with Crippen molar-refractivity contribution < 1.29 is 8.42 Å². The zero-order chi connectivity index (χ0) is 11.8. The van der Waals surface area contributed by atoms with Crippen LogP contribution in [0.3, 0.4) is 0 Å². The molecule has 0 spiro atoms. The molecule has 2 rings (SSSR count). The molecule has 0 unspecified atom stereocenters. The number of anilines is 1. The standard InChI is InChI=1S/C9H15N3O2S2/c1-2-9(3-4-9)6-12-8-11-5-7(15-8)16(10,13)14/h5H,2-4,6H2,1H3,(H,11,12)(H2,10,13,14). The first-order valence-electron chi connectivity index (χ1n) is 5.18. The van der Waals surface area contributed by atoms with E-state index in [4.69, 9.17) is 5.14 Å². The normalized spacial score (nSPS) is 18.4. The number of rotatable bonds is 5. The molecule has 3 N–H and O–H groups in total. The monoisotopic (exact) mass is 261 g/mol. The summed E-state index contributed by atoms with van der Waals surface area (Å²) in [6, 6.07) is 0. The van der Waals surface area contributed by atoms with Crippen LogP contribution in [0.25, 0.3) is 0 Å². The van der Waals surface area contributed by atoms with Crippen LogP contribution >= 0.6 is 11.3 Å². The molecule has 0 aliphatic heterocycles. The Balaban J connectivity index is 1.98. The second kappa shape index (κ2) is 3.97. The Morgan fingerprint density at radius 3 is 2.75 bits per heavy atom. The summed E-state index contributed by atoms with van der Waals surface area (Å²) in [6.07, 6.45) is 4.93. The van der Waals surface area contributed by atoms with E-state index in [-0.39, 0.29) is 4.21 Å². The van der Waals surface area contributed by atoms with E-state index in [1.165, 1.54) is 19.0 Å². The van der Waals surface area contributed by atoms with Gasteiger partial charge in [0.2, 0.25) is 10.0 Å². The Labute approximate surface area is 99.1 Å². The first-order valence-corrected chi connectivity index (χ1v) is 7.54. The third kappa shape index (κ3) is 2.53. The molecular formula is C9H15N3O2S2. The molecular weight excluding hydrogens is 246 g/mol. The van der Waals surface area contributed by atoms with Crippen LogP contribution in [-0.4, -0.2) is 19.9 Å². The van der Waals surface area contributed by atoms with Gasteiger partial charge in [-0.3, -0.25) is 0 Å². The van der Waals surface area contributed by atoms with E-state index in [1.807, 2.05) is 0 Å². The van der Waals surface area contributed by atoms with Crippen LogP contribution in [0.4, 0.5) is 5.13 Å². The smallest absolute Gasteiger partial charge is 0.249 e. The molecule has 1 saturated carbocycles. The van der Waals surface area contributed by atoms with Gasteiger partial charge in [-0.05, 0) is 24.7 Å². The highest BCUT2D eigenvalue weighted by Crippen LogP contribution is 2.48. The maximum Gasteiger partial charge on any atom is 0.249 e. The summed E-state index contributed by atoms with van der Waals surface area (Å²) in [4.78, 5) is 4.00. The van der Waals surface area contributed by atoms with Crippen LogP contribution in [-0.2, 0) is 10.0 Å². The molecule has 1 aliphatic rings. The zero-order valence-electron chi connectivity index (χ0n) is 9.06. The lowest BCUT2D eigenvalue weighted by atomic mass is 10.0. The predicted molar refractivity (Wildman–Crippen MR) is 63.9 cm³/mol. The van der Waals surface area contributed by atoms with Crippen molar-refractivity contribution in [2.45, 2.75) is 30.4 Å². The van der Waals surface area contributed by atoms with Gasteiger partial charge in [0.05, 0.1) is 6.20 Å². The van der Waals surface area contributed by atoms with Crippen molar-refractivity contribution in [3.8, 4) is 0 Å². The number of hydrogen-bond donors (Lipinski definition) is 2. The van der Waals surface area contributed by atoms with Crippen molar-refractivity contribution in [2.24, 2.45) is 10.6 Å². The van der Waals surface area contributed by atoms with Gasteiger partial charge in [0.25, 0.3) is 0 Å². The predicted octanol–water partition coefficient (Wildman–Crippen LogP) is 1.39. The Hall–Kier alpha value is -0.660. The van der Waals surface area contributed by atoms with Crippen LogP contribution in [0, 0.1) is 5.41 Å². The molecule has 0 amide bonds. The SMILES string of the molecule is CCC1(CNc2ncc(S(N)(=O)=O)s2)CC1. The first-order chi connectivity index (χ1) is 7.45. The average molecular weight is 261 g/mol.